The van der Waals surface area contributed by atoms with Crippen LogP contribution in [-0.2, 0) is 12.8 Å². The van der Waals surface area contributed by atoms with Gasteiger partial charge in [0, 0.05) is 11.8 Å². The molecule has 0 aliphatic rings. The second-order valence-corrected chi connectivity index (χ2v) is 4.21. The maximum Gasteiger partial charge on any atom is 0.251 e. The third kappa shape index (κ3) is 3.21. The summed E-state index contributed by atoms with van der Waals surface area (Å²) in [6, 6.07) is 11.1. The monoisotopic (exact) mass is 229 g/mol. The summed E-state index contributed by atoms with van der Waals surface area (Å²) in [6.45, 7) is 2.05. The lowest BCUT2D eigenvalue weighted by Crippen LogP contribution is -2.07. The molecule has 0 atom stereocenters. The number of nitrogens with one attached hydrogen (secondary N) is 1. The van der Waals surface area contributed by atoms with Gasteiger partial charge in [-0.2, -0.15) is 0 Å². The quantitative estimate of drug-likeness (QED) is 0.847. The molecule has 0 spiro atoms. The van der Waals surface area contributed by atoms with E-state index in [2.05, 4.69) is 36.2 Å². The Morgan fingerprint density at radius 2 is 1.82 bits per heavy atom. The second kappa shape index (κ2) is 4.87. The molecular weight excluding hydrogens is 214 g/mol. The van der Waals surface area contributed by atoms with Gasteiger partial charge in [0.25, 0.3) is 5.56 Å². The van der Waals surface area contributed by atoms with Crippen LogP contribution in [0.4, 0.5) is 0 Å². The van der Waals surface area contributed by atoms with Crippen LogP contribution in [0.2, 0.25) is 0 Å². The number of rotatable bonds is 3. The van der Waals surface area contributed by atoms with E-state index < -0.39 is 0 Å². The van der Waals surface area contributed by atoms with Crippen LogP contribution in [0.25, 0.3) is 0 Å². The highest BCUT2D eigenvalue weighted by atomic mass is 16.3. The molecule has 0 saturated heterocycles. The predicted molar refractivity (Wildman–Crippen MR) is 67.3 cm³/mol. The molecule has 0 saturated carbocycles. The Morgan fingerprint density at radius 1 is 1.12 bits per heavy atom. The summed E-state index contributed by atoms with van der Waals surface area (Å²) in [6.07, 6.45) is 1.56. The molecule has 0 unspecified atom stereocenters. The van der Waals surface area contributed by atoms with Crippen molar-refractivity contribution in [3.05, 3.63) is 63.6 Å². The van der Waals surface area contributed by atoms with Crippen molar-refractivity contribution < 1.29 is 5.11 Å². The van der Waals surface area contributed by atoms with Crippen molar-refractivity contribution >= 4 is 0 Å². The molecule has 17 heavy (non-hydrogen) atoms. The van der Waals surface area contributed by atoms with Crippen LogP contribution in [0.5, 0.6) is 5.75 Å². The first-order chi connectivity index (χ1) is 8.13. The van der Waals surface area contributed by atoms with Crippen LogP contribution >= 0.6 is 0 Å². The van der Waals surface area contributed by atoms with Crippen molar-refractivity contribution in [1.29, 1.82) is 0 Å². The Balaban J connectivity index is 2.07. The molecule has 1 heterocycles. The number of benzene rings is 1. The first-order valence-electron chi connectivity index (χ1n) is 5.61. The molecule has 0 fully saturated rings. The Labute approximate surface area is 99.8 Å². The molecule has 2 N–H and O–H groups in total. The summed E-state index contributed by atoms with van der Waals surface area (Å²) in [4.78, 5) is 13.9. The molecule has 2 aromatic rings. The second-order valence-electron chi connectivity index (χ2n) is 4.21. The van der Waals surface area contributed by atoms with Crippen LogP contribution in [-0.4, -0.2) is 10.1 Å². The van der Waals surface area contributed by atoms with Gasteiger partial charge in [0.05, 0.1) is 0 Å². The summed E-state index contributed by atoms with van der Waals surface area (Å²) in [5.74, 6) is 0.0210. The number of aromatic hydroxyl groups is 1. The fourth-order valence-corrected chi connectivity index (χ4v) is 1.75. The lowest BCUT2D eigenvalue weighted by Gasteiger charge is -2.03. The van der Waals surface area contributed by atoms with E-state index in [-0.39, 0.29) is 11.3 Å². The summed E-state index contributed by atoms with van der Waals surface area (Å²) in [7, 11) is 0. The van der Waals surface area contributed by atoms with E-state index in [0.29, 0.717) is 6.42 Å². The fourth-order valence-electron chi connectivity index (χ4n) is 1.75. The van der Waals surface area contributed by atoms with Gasteiger partial charge >= 0.3 is 0 Å². The van der Waals surface area contributed by atoms with Crippen molar-refractivity contribution in [1.82, 2.24) is 4.98 Å². The van der Waals surface area contributed by atoms with E-state index in [0.717, 1.165) is 12.1 Å². The van der Waals surface area contributed by atoms with Crippen molar-refractivity contribution in [2.24, 2.45) is 0 Å². The molecule has 3 heteroatoms. The average Bonchev–Trinajstić information content (AvgIpc) is 2.27. The normalized spacial score (nSPS) is 10.4. The third-order valence-corrected chi connectivity index (χ3v) is 2.69. The Kier molecular flexibility index (Phi) is 3.28. The van der Waals surface area contributed by atoms with Crippen LogP contribution in [0.3, 0.4) is 0 Å². The van der Waals surface area contributed by atoms with Crippen LogP contribution in [0, 0.1) is 6.92 Å². The summed E-state index contributed by atoms with van der Waals surface area (Å²) in [5.41, 5.74) is 2.96. The minimum atomic E-state index is -0.260. The smallest absolute Gasteiger partial charge is 0.251 e. The van der Waals surface area contributed by atoms with Gasteiger partial charge in [0.2, 0.25) is 0 Å². The van der Waals surface area contributed by atoms with Gasteiger partial charge < -0.3 is 10.1 Å². The van der Waals surface area contributed by atoms with Gasteiger partial charge in [-0.25, -0.2) is 0 Å². The van der Waals surface area contributed by atoms with Gasteiger partial charge in [-0.05, 0) is 31.4 Å². The molecule has 1 aromatic heterocycles. The lowest BCUT2D eigenvalue weighted by molar-refractivity contribution is 0.472. The molecule has 0 amide bonds. The molecule has 0 radical (unpaired) electrons. The molecule has 0 aliphatic carbocycles. The number of hydrogen-bond acceptors (Lipinski definition) is 2. The van der Waals surface area contributed by atoms with E-state index >= 15 is 0 Å². The van der Waals surface area contributed by atoms with Crippen molar-refractivity contribution in [3.63, 3.8) is 0 Å². The molecule has 0 bridgehead atoms. The molecule has 88 valence electrons. The molecule has 0 aliphatic heterocycles. The highest BCUT2D eigenvalue weighted by molar-refractivity contribution is 5.24. The number of hydrogen-bond donors (Lipinski definition) is 2. The summed E-state index contributed by atoms with van der Waals surface area (Å²) >= 11 is 0. The highest BCUT2D eigenvalue weighted by Gasteiger charge is 1.99. The first kappa shape index (κ1) is 11.5. The minimum absolute atomic E-state index is 0.0210. The number of aromatic amines is 1. The standard InChI is InChI=1S/C14H15NO2/c1-10-2-4-11(5-3-10)6-7-12-8-13(16)9-14(17)15-12/h2-5,8-9H,6-7H2,1H3,(H2,15,16,17). The third-order valence-electron chi connectivity index (χ3n) is 2.69. The number of aryl methyl sites for hydroxylation is 3. The number of aromatic nitrogens is 1. The Morgan fingerprint density at radius 3 is 2.47 bits per heavy atom. The van der Waals surface area contributed by atoms with Gasteiger partial charge in [-0.1, -0.05) is 29.8 Å². The molecule has 1 aromatic carbocycles. The topological polar surface area (TPSA) is 53.1 Å². The van der Waals surface area contributed by atoms with Crippen LogP contribution in [0.15, 0.2) is 41.2 Å². The van der Waals surface area contributed by atoms with E-state index in [1.165, 1.54) is 17.2 Å². The SMILES string of the molecule is Cc1ccc(CCc2cc(O)cc(=O)[nH]2)cc1. The summed E-state index contributed by atoms with van der Waals surface area (Å²) < 4.78 is 0. The van der Waals surface area contributed by atoms with Gasteiger partial charge in [-0.3, -0.25) is 4.79 Å². The highest BCUT2D eigenvalue weighted by Crippen LogP contribution is 2.10. The average molecular weight is 229 g/mol. The molecular formula is C14H15NO2. The van der Waals surface area contributed by atoms with Gasteiger partial charge in [-0.15, -0.1) is 0 Å². The van der Waals surface area contributed by atoms with Crippen molar-refractivity contribution in [2.45, 2.75) is 19.8 Å². The first-order valence-corrected chi connectivity index (χ1v) is 5.61. The largest absolute Gasteiger partial charge is 0.508 e. The van der Waals surface area contributed by atoms with Crippen LogP contribution < -0.4 is 5.56 Å². The van der Waals surface area contributed by atoms with Gasteiger partial charge in [0.1, 0.15) is 5.75 Å². The minimum Gasteiger partial charge on any atom is -0.508 e. The van der Waals surface area contributed by atoms with E-state index in [4.69, 9.17) is 0 Å². The maximum atomic E-state index is 11.2. The zero-order chi connectivity index (χ0) is 12.3. The maximum absolute atomic E-state index is 11.2. The lowest BCUT2D eigenvalue weighted by atomic mass is 10.1. The molecule has 3 nitrogen and oxygen atoms in total. The zero-order valence-electron chi connectivity index (χ0n) is 9.73. The van der Waals surface area contributed by atoms with E-state index in [1.54, 1.807) is 6.07 Å². The van der Waals surface area contributed by atoms with E-state index in [1.807, 2.05) is 0 Å². The fraction of sp³-hybridized carbons (Fsp3) is 0.214. The van der Waals surface area contributed by atoms with E-state index in [9.17, 15) is 9.90 Å². The zero-order valence-corrected chi connectivity index (χ0v) is 9.73. The molecule has 2 rings (SSSR count). The Hall–Kier alpha value is -2.03. The van der Waals surface area contributed by atoms with Crippen LogP contribution in [0.1, 0.15) is 16.8 Å². The van der Waals surface area contributed by atoms with Crippen molar-refractivity contribution in [2.75, 3.05) is 0 Å². The summed E-state index contributed by atoms with van der Waals surface area (Å²) in [5, 5.41) is 9.31. The Bertz CT molecular complexity index is 555. The number of H-pyrrole nitrogens is 1. The van der Waals surface area contributed by atoms with Gasteiger partial charge in [0.15, 0.2) is 0 Å². The van der Waals surface area contributed by atoms with Crippen molar-refractivity contribution in [3.8, 4) is 5.75 Å². The number of pyridine rings is 1. The predicted octanol–water partition coefficient (Wildman–Crippen LogP) is 2.17.